The van der Waals surface area contributed by atoms with E-state index in [0.717, 1.165) is 192 Å². The number of carboxylic acids is 1. The Balaban J connectivity index is 0.000000456. The second-order valence-electron chi connectivity index (χ2n) is 30.3. The molecule has 25 nitrogen and oxygen atoms in total. The first-order valence-corrected chi connectivity index (χ1v) is 38.3. The average Bonchev–Trinajstić information content (AvgIpc) is 0.786. The Morgan fingerprint density at radius 1 is 0.495 bits per heavy atom. The molecule has 4 aromatic heterocycles. The van der Waals surface area contributed by atoms with Gasteiger partial charge in [-0.2, -0.15) is 21.0 Å². The van der Waals surface area contributed by atoms with Gasteiger partial charge in [-0.05, 0) is 237 Å². The highest BCUT2D eigenvalue weighted by molar-refractivity contribution is 9.09. The van der Waals surface area contributed by atoms with Crippen LogP contribution in [0.15, 0.2) is 73.8 Å². The monoisotopic (exact) mass is 1580 g/mol. The molecule has 604 valence electrons. The summed E-state index contributed by atoms with van der Waals surface area (Å²) >= 11 is 3.46. The summed E-state index contributed by atoms with van der Waals surface area (Å²) in [4.78, 5) is 77.4. The molecule has 12 rings (SSSR count). The number of nitriles is 4. The van der Waals surface area contributed by atoms with Crippen LogP contribution in [0, 0.1) is 91.2 Å². The summed E-state index contributed by atoms with van der Waals surface area (Å²) in [6.07, 6.45) is 27.1. The molecule has 8 saturated heterocycles. The molecule has 26 heteroatoms. The summed E-state index contributed by atoms with van der Waals surface area (Å²) < 4.78 is 32.1. The average molecular weight is 1580 g/mol. The van der Waals surface area contributed by atoms with Crippen molar-refractivity contribution < 1.29 is 52.7 Å². The van der Waals surface area contributed by atoms with Crippen molar-refractivity contribution in [3.05, 3.63) is 85.0 Å². The van der Waals surface area contributed by atoms with Gasteiger partial charge in [-0.1, -0.05) is 53.1 Å². The fourth-order valence-electron chi connectivity index (χ4n) is 14.1. The Labute approximate surface area is 660 Å². The van der Waals surface area contributed by atoms with E-state index in [9.17, 15) is 35.0 Å². The lowest BCUT2D eigenvalue weighted by Crippen LogP contribution is -2.45. The number of carbonyl (C=O) groups is 4. The van der Waals surface area contributed by atoms with Crippen LogP contribution in [0.4, 0.5) is 9.59 Å². The number of hydrogen-bond acceptors (Lipinski definition) is 21. The van der Waals surface area contributed by atoms with E-state index in [4.69, 9.17) is 38.8 Å². The van der Waals surface area contributed by atoms with Gasteiger partial charge >= 0.3 is 18.2 Å². The number of nitrogens with one attached hydrogen (secondary N) is 1. The van der Waals surface area contributed by atoms with Crippen LogP contribution in [-0.2, 0) is 28.4 Å². The van der Waals surface area contributed by atoms with E-state index in [1.54, 1.807) is 58.7 Å². The number of likely N-dealkylation sites (tertiary alicyclic amines) is 3. The third kappa shape index (κ3) is 32.6. The largest absolute Gasteiger partial charge is 0.478 e. The number of ether oxygens (including phenoxy) is 6. The third-order valence-electron chi connectivity index (χ3n) is 20.3. The van der Waals surface area contributed by atoms with Gasteiger partial charge < -0.3 is 53.5 Å². The maximum atomic E-state index is 13.2. The van der Waals surface area contributed by atoms with E-state index in [1.165, 1.54) is 37.8 Å². The lowest BCUT2D eigenvalue weighted by molar-refractivity contribution is 0.00886. The van der Waals surface area contributed by atoms with Crippen molar-refractivity contribution in [3.63, 3.8) is 0 Å². The van der Waals surface area contributed by atoms with Crippen molar-refractivity contribution >= 4 is 40.0 Å². The van der Waals surface area contributed by atoms with Gasteiger partial charge in [0.15, 0.2) is 0 Å². The molecule has 3 amide bonds. The van der Waals surface area contributed by atoms with Gasteiger partial charge in [0.25, 0.3) is 5.91 Å². The van der Waals surface area contributed by atoms with Crippen LogP contribution in [0.5, 0.6) is 0 Å². The minimum atomic E-state index is -1.02. The number of aromatic carboxylic acids is 1. The van der Waals surface area contributed by atoms with Crippen LogP contribution in [0.1, 0.15) is 221 Å². The minimum absolute atomic E-state index is 0. The molecule has 8 aliphatic rings. The maximum Gasteiger partial charge on any atom is 0.410 e. The second kappa shape index (κ2) is 49.4. The van der Waals surface area contributed by atoms with Gasteiger partial charge in [-0.25, -0.2) is 34.3 Å². The number of hydrogen-bond donors (Lipinski definition) is 2. The standard InChI is InChI=1S/C22H25N5O2.C17H28N2O3.C12H20N2O.C11H18N2O2.C10H7N3O2.C6H11BrO.5CH4/c23-15-22(14-17-4-12-29-13-5-17)6-10-27(11-7-22)21(28)18-2-1-8-25-20(18)19-3-9-24-16-26-19;1-16(2,3)22-15(20)19-8-6-17(13-18,7-9-19)12-14-4-10-21-11-5-14;13-10-12(3-5-14-6-4-12)9-11-1-7-15-8-2-11;1-11(2,3)15-10(14)13-6-4-9(8-12)5-7-13;14-10(15)7-2-1-4-12-9(7)8-3-5-11-6-13-8;7-5-6-1-3-8-4-2-6;;;;;/h1-3,8-9,16-17H,4-7,10-14H2;14H,4-12H2,1-3H3;11,14H,1-9H2;9H,4-7H2,1-3H3;1-6H,(H,14,15);6H,1-5H2;5*1H4. The molecule has 0 radical (unpaired) electrons. The van der Waals surface area contributed by atoms with E-state index in [0.29, 0.717) is 79.4 Å². The predicted molar refractivity (Wildman–Crippen MR) is 428 cm³/mol. The molecule has 0 unspecified atom stereocenters. The minimum Gasteiger partial charge on any atom is -0.478 e. The van der Waals surface area contributed by atoms with E-state index >= 15 is 0 Å². The molecule has 0 aromatic carbocycles. The van der Waals surface area contributed by atoms with Crippen molar-refractivity contribution in [2.24, 2.45) is 45.8 Å². The SMILES string of the molecule is BrCC1CCOCC1.C.C.C.C.C.CC(C)(C)OC(=O)N1CCC(C#N)(CC2CCOCC2)CC1.CC(C)(C)OC(=O)N1CCC(C#N)CC1.N#CC1(CC2CCOCC2)CCN(C(=O)c2cccnc2-c2ccncn2)CC1.N#CC1(CC2CCOCC2)CCNCC1.O=C(O)c1cccnc1-c1ccncn1. The third-order valence-corrected chi connectivity index (χ3v) is 21.2. The first-order chi connectivity index (χ1) is 50.0. The van der Waals surface area contributed by atoms with Crippen molar-refractivity contribution in [3.8, 4) is 47.1 Å². The number of aromatic nitrogens is 6. The quantitative estimate of drug-likeness (QED) is 0.132. The smallest absolute Gasteiger partial charge is 0.410 e. The molecular weight excluding hydrogens is 1450 g/mol. The zero-order chi connectivity index (χ0) is 74.9. The Bertz CT molecular complexity index is 3430. The highest BCUT2D eigenvalue weighted by atomic mass is 79.9. The Kier molecular flexibility index (Phi) is 44.1. The van der Waals surface area contributed by atoms with Crippen LogP contribution in [0.3, 0.4) is 0 Å². The molecule has 2 N–H and O–H groups in total. The van der Waals surface area contributed by atoms with Crippen LogP contribution in [0.2, 0.25) is 0 Å². The predicted octanol–water partition coefficient (Wildman–Crippen LogP) is 16.5. The van der Waals surface area contributed by atoms with Gasteiger partial charge in [0.05, 0.1) is 63.0 Å². The van der Waals surface area contributed by atoms with Crippen LogP contribution in [0.25, 0.3) is 22.8 Å². The van der Waals surface area contributed by atoms with E-state index in [1.807, 2.05) is 46.4 Å². The summed E-state index contributed by atoms with van der Waals surface area (Å²) in [6, 6.07) is 20.0. The summed E-state index contributed by atoms with van der Waals surface area (Å²) in [5, 5.41) is 51.1. The topological polar surface area (TPSA) is 338 Å². The number of nitrogens with zero attached hydrogens (tertiary/aromatic N) is 13. The van der Waals surface area contributed by atoms with Crippen LogP contribution < -0.4 is 5.32 Å². The van der Waals surface area contributed by atoms with Crippen LogP contribution in [-0.4, -0.2) is 196 Å². The molecule has 8 fully saturated rings. The lowest BCUT2D eigenvalue weighted by Gasteiger charge is -2.40. The zero-order valence-corrected chi connectivity index (χ0v) is 63.6. The number of carboxylic acid groups (broad SMARTS) is 1. The Morgan fingerprint density at radius 3 is 1.17 bits per heavy atom. The zero-order valence-electron chi connectivity index (χ0n) is 62.0. The summed E-state index contributed by atoms with van der Waals surface area (Å²) in [5.74, 6) is 1.76. The number of piperidine rings is 4. The number of carbonyl (C=O) groups excluding carboxylic acids is 3. The summed E-state index contributed by atoms with van der Waals surface area (Å²) in [7, 11) is 0. The normalized spacial score (nSPS) is 19.2. The fraction of sp³-hybridized carbons (Fsp3) is 0.687. The van der Waals surface area contributed by atoms with Crippen molar-refractivity contribution in [1.29, 1.82) is 21.0 Å². The molecule has 0 spiro atoms. The first-order valence-electron chi connectivity index (χ1n) is 37.2. The number of alkyl halides is 1. The van der Waals surface area contributed by atoms with Gasteiger partial charge in [0, 0.05) is 128 Å². The maximum absolute atomic E-state index is 13.2. The van der Waals surface area contributed by atoms with E-state index in [-0.39, 0.29) is 83.0 Å². The van der Waals surface area contributed by atoms with E-state index in [2.05, 4.69) is 75.4 Å². The number of pyridine rings is 2. The molecule has 0 atom stereocenters. The molecule has 0 bridgehead atoms. The Morgan fingerprint density at radius 2 is 0.844 bits per heavy atom. The second-order valence-corrected chi connectivity index (χ2v) is 31.0. The summed E-state index contributed by atoms with van der Waals surface area (Å²) in [5.41, 5.74) is 1.18. The highest BCUT2D eigenvalue weighted by Crippen LogP contribution is 2.43. The fourth-order valence-corrected chi connectivity index (χ4v) is 14.7. The molecule has 8 aliphatic heterocycles. The van der Waals surface area contributed by atoms with Gasteiger partial charge in [0.2, 0.25) is 0 Å². The lowest BCUT2D eigenvalue weighted by atomic mass is 9.71. The number of amides is 3. The first kappa shape index (κ1) is 97.3. The van der Waals surface area contributed by atoms with Gasteiger partial charge in [0.1, 0.15) is 35.2 Å². The van der Waals surface area contributed by atoms with Crippen LogP contribution >= 0.6 is 15.9 Å². The van der Waals surface area contributed by atoms with Gasteiger partial charge in [-0.15, -0.1) is 0 Å². The molecular formula is C83H129BrN14O11. The summed E-state index contributed by atoms with van der Waals surface area (Å²) in [6.45, 7) is 23.8. The molecule has 0 saturated carbocycles. The Hall–Kier alpha value is -7.82. The molecule has 4 aromatic rings. The van der Waals surface area contributed by atoms with Crippen molar-refractivity contribution in [2.45, 2.75) is 212 Å². The molecule has 109 heavy (non-hydrogen) atoms. The van der Waals surface area contributed by atoms with E-state index < -0.39 is 17.2 Å². The highest BCUT2D eigenvalue weighted by Gasteiger charge is 2.42. The number of halogens is 1. The van der Waals surface area contributed by atoms with Crippen molar-refractivity contribution in [1.82, 2.24) is 49.9 Å². The van der Waals surface area contributed by atoms with Crippen molar-refractivity contribution in [2.75, 3.05) is 111 Å². The van der Waals surface area contributed by atoms with Gasteiger partial charge in [-0.3, -0.25) is 14.8 Å². The molecule has 0 aliphatic carbocycles. The number of rotatable bonds is 11. The molecule has 12 heterocycles.